The molecule has 58 valence electrons. The summed E-state index contributed by atoms with van der Waals surface area (Å²) >= 11 is 0. The summed E-state index contributed by atoms with van der Waals surface area (Å²) in [6.07, 6.45) is 0.930. The fourth-order valence-corrected chi connectivity index (χ4v) is 1.23. The lowest BCUT2D eigenvalue weighted by Gasteiger charge is -2.08. The standard InChI is InChI=1S/C6H13N3O/c1-9-3-2-5(4-8-7)6(9)10/h5,8H,2-4,7H2,1H3. The van der Waals surface area contributed by atoms with Crippen LogP contribution in [-0.2, 0) is 4.79 Å². The summed E-state index contributed by atoms with van der Waals surface area (Å²) < 4.78 is 0. The van der Waals surface area contributed by atoms with Crippen LogP contribution in [0.25, 0.3) is 0 Å². The first-order valence-electron chi connectivity index (χ1n) is 3.44. The number of nitrogens with zero attached hydrogens (tertiary/aromatic N) is 1. The zero-order valence-corrected chi connectivity index (χ0v) is 6.13. The molecule has 4 nitrogen and oxygen atoms in total. The predicted molar refractivity (Wildman–Crippen MR) is 37.9 cm³/mol. The first kappa shape index (κ1) is 7.50. The van der Waals surface area contributed by atoms with Crippen LogP contribution in [0, 0.1) is 5.92 Å². The van der Waals surface area contributed by atoms with Crippen molar-refractivity contribution in [3.05, 3.63) is 0 Å². The molecule has 0 bridgehead atoms. The number of carbonyl (C=O) groups excluding carboxylic acids is 1. The van der Waals surface area contributed by atoms with Crippen molar-refractivity contribution in [2.24, 2.45) is 11.8 Å². The number of amides is 1. The molecule has 0 saturated carbocycles. The normalized spacial score (nSPS) is 26.0. The molecule has 1 saturated heterocycles. The minimum Gasteiger partial charge on any atom is -0.345 e. The van der Waals surface area contributed by atoms with E-state index in [0.29, 0.717) is 6.54 Å². The smallest absolute Gasteiger partial charge is 0.226 e. The minimum absolute atomic E-state index is 0.106. The van der Waals surface area contributed by atoms with Crippen molar-refractivity contribution in [2.75, 3.05) is 20.1 Å². The first-order chi connectivity index (χ1) is 4.75. The first-order valence-corrected chi connectivity index (χ1v) is 3.44. The van der Waals surface area contributed by atoms with Gasteiger partial charge < -0.3 is 4.90 Å². The van der Waals surface area contributed by atoms with Crippen molar-refractivity contribution in [1.29, 1.82) is 0 Å². The van der Waals surface area contributed by atoms with Crippen LogP contribution < -0.4 is 11.3 Å². The predicted octanol–water partition coefficient (Wildman–Crippen LogP) is -1.07. The van der Waals surface area contributed by atoms with Crippen molar-refractivity contribution in [3.63, 3.8) is 0 Å². The monoisotopic (exact) mass is 143 g/mol. The zero-order chi connectivity index (χ0) is 7.56. The van der Waals surface area contributed by atoms with Gasteiger partial charge in [0.25, 0.3) is 0 Å². The van der Waals surface area contributed by atoms with Crippen LogP contribution in [-0.4, -0.2) is 30.9 Å². The number of carbonyl (C=O) groups is 1. The molecule has 1 atom stereocenters. The zero-order valence-electron chi connectivity index (χ0n) is 6.13. The molecule has 3 N–H and O–H groups in total. The molecular weight excluding hydrogens is 130 g/mol. The Kier molecular flexibility index (Phi) is 2.24. The van der Waals surface area contributed by atoms with E-state index in [-0.39, 0.29) is 11.8 Å². The Morgan fingerprint density at radius 1 is 1.90 bits per heavy atom. The molecule has 0 aromatic heterocycles. The maximum absolute atomic E-state index is 11.1. The molecule has 0 radical (unpaired) electrons. The quantitative estimate of drug-likeness (QED) is 0.382. The van der Waals surface area contributed by atoms with E-state index in [1.54, 1.807) is 4.90 Å². The van der Waals surface area contributed by atoms with Crippen LogP contribution in [0.1, 0.15) is 6.42 Å². The average Bonchev–Trinajstić information content (AvgIpc) is 2.20. The van der Waals surface area contributed by atoms with Gasteiger partial charge in [0, 0.05) is 20.1 Å². The van der Waals surface area contributed by atoms with E-state index in [9.17, 15) is 4.79 Å². The SMILES string of the molecule is CN1CCC(CNN)C1=O. The third kappa shape index (κ3) is 1.27. The number of likely N-dealkylation sites (tertiary alicyclic amines) is 1. The van der Waals surface area contributed by atoms with Gasteiger partial charge in [-0.2, -0.15) is 0 Å². The second kappa shape index (κ2) is 2.98. The van der Waals surface area contributed by atoms with Gasteiger partial charge in [0.05, 0.1) is 5.92 Å². The van der Waals surface area contributed by atoms with Gasteiger partial charge in [-0.25, -0.2) is 0 Å². The van der Waals surface area contributed by atoms with Gasteiger partial charge in [0.1, 0.15) is 0 Å². The van der Waals surface area contributed by atoms with E-state index < -0.39 is 0 Å². The maximum atomic E-state index is 11.1. The summed E-state index contributed by atoms with van der Waals surface area (Å²) in [5.74, 6) is 5.41. The fourth-order valence-electron chi connectivity index (χ4n) is 1.23. The Hall–Kier alpha value is -0.610. The molecule has 1 fully saturated rings. The van der Waals surface area contributed by atoms with Crippen molar-refractivity contribution in [1.82, 2.24) is 10.3 Å². The second-order valence-electron chi connectivity index (χ2n) is 2.65. The number of nitrogens with one attached hydrogen (secondary N) is 1. The van der Waals surface area contributed by atoms with Crippen molar-refractivity contribution < 1.29 is 4.79 Å². The molecule has 10 heavy (non-hydrogen) atoms. The van der Waals surface area contributed by atoms with E-state index in [1.165, 1.54) is 0 Å². The molecule has 4 heteroatoms. The van der Waals surface area contributed by atoms with Gasteiger partial charge in [-0.05, 0) is 6.42 Å². The summed E-state index contributed by atoms with van der Waals surface area (Å²) in [5.41, 5.74) is 2.51. The Morgan fingerprint density at radius 2 is 2.60 bits per heavy atom. The van der Waals surface area contributed by atoms with Gasteiger partial charge >= 0.3 is 0 Å². The number of nitrogens with two attached hydrogens (primary N) is 1. The van der Waals surface area contributed by atoms with Gasteiger partial charge in [-0.15, -0.1) is 0 Å². The highest BCUT2D eigenvalue weighted by Gasteiger charge is 2.27. The van der Waals surface area contributed by atoms with E-state index in [1.807, 2.05) is 7.05 Å². The lowest BCUT2D eigenvalue weighted by Crippen LogP contribution is -2.33. The van der Waals surface area contributed by atoms with Crippen LogP contribution in [0.2, 0.25) is 0 Å². The van der Waals surface area contributed by atoms with E-state index >= 15 is 0 Å². The highest BCUT2D eigenvalue weighted by molar-refractivity contribution is 5.80. The summed E-state index contributed by atoms with van der Waals surface area (Å²) in [6, 6.07) is 0. The third-order valence-electron chi connectivity index (χ3n) is 1.90. The molecule has 1 rings (SSSR count). The van der Waals surface area contributed by atoms with Crippen LogP contribution in [0.15, 0.2) is 0 Å². The number of hydrogen-bond donors (Lipinski definition) is 2. The molecule has 0 aliphatic carbocycles. The largest absolute Gasteiger partial charge is 0.345 e. The van der Waals surface area contributed by atoms with Gasteiger partial charge in [0.15, 0.2) is 0 Å². The minimum atomic E-state index is 0.106. The topological polar surface area (TPSA) is 58.4 Å². The molecule has 1 aliphatic rings. The summed E-state index contributed by atoms with van der Waals surface area (Å²) in [5, 5.41) is 0. The molecule has 1 amide bonds. The van der Waals surface area contributed by atoms with Gasteiger partial charge in [-0.3, -0.25) is 16.1 Å². The Balaban J connectivity index is 2.41. The van der Waals surface area contributed by atoms with Crippen LogP contribution in [0.3, 0.4) is 0 Å². The summed E-state index contributed by atoms with van der Waals surface area (Å²) in [6.45, 7) is 1.47. The Labute approximate surface area is 60.3 Å². The van der Waals surface area contributed by atoms with E-state index in [4.69, 9.17) is 5.84 Å². The lowest BCUT2D eigenvalue weighted by atomic mass is 10.1. The number of hydrogen-bond acceptors (Lipinski definition) is 3. The van der Waals surface area contributed by atoms with Gasteiger partial charge in [0.2, 0.25) is 5.91 Å². The lowest BCUT2D eigenvalue weighted by molar-refractivity contribution is -0.129. The molecule has 1 heterocycles. The molecule has 0 aromatic rings. The maximum Gasteiger partial charge on any atom is 0.226 e. The van der Waals surface area contributed by atoms with Crippen LogP contribution >= 0.6 is 0 Å². The molecule has 1 aliphatic heterocycles. The highest BCUT2D eigenvalue weighted by atomic mass is 16.2. The molecule has 1 unspecified atom stereocenters. The number of rotatable bonds is 2. The highest BCUT2D eigenvalue weighted by Crippen LogP contribution is 2.14. The summed E-state index contributed by atoms with van der Waals surface area (Å²) in [4.78, 5) is 12.9. The van der Waals surface area contributed by atoms with E-state index in [2.05, 4.69) is 5.43 Å². The second-order valence-corrected chi connectivity index (χ2v) is 2.65. The molecular formula is C6H13N3O. The third-order valence-corrected chi connectivity index (χ3v) is 1.90. The van der Waals surface area contributed by atoms with Crippen LogP contribution in [0.5, 0.6) is 0 Å². The average molecular weight is 143 g/mol. The van der Waals surface area contributed by atoms with E-state index in [0.717, 1.165) is 13.0 Å². The molecule has 0 aromatic carbocycles. The molecule has 0 spiro atoms. The Bertz CT molecular complexity index is 135. The Morgan fingerprint density at radius 3 is 3.00 bits per heavy atom. The van der Waals surface area contributed by atoms with Crippen molar-refractivity contribution in [2.45, 2.75) is 6.42 Å². The van der Waals surface area contributed by atoms with Crippen molar-refractivity contribution >= 4 is 5.91 Å². The van der Waals surface area contributed by atoms with Gasteiger partial charge in [-0.1, -0.05) is 0 Å². The number of hydrazine groups is 1. The fraction of sp³-hybridized carbons (Fsp3) is 0.833. The summed E-state index contributed by atoms with van der Waals surface area (Å²) in [7, 11) is 1.82. The van der Waals surface area contributed by atoms with Crippen molar-refractivity contribution in [3.8, 4) is 0 Å². The van der Waals surface area contributed by atoms with Crippen LogP contribution in [0.4, 0.5) is 0 Å².